The molecule has 2 heterocycles. The first-order valence-electron chi connectivity index (χ1n) is 5.25. The number of carbonyl (C=O) groups excluding carboxylic acids is 2. The highest BCUT2D eigenvalue weighted by Gasteiger charge is 2.33. The second-order valence-electron chi connectivity index (χ2n) is 4.10. The minimum atomic E-state index is -0.391. The molecule has 0 radical (unpaired) electrons. The molecule has 1 saturated heterocycles. The summed E-state index contributed by atoms with van der Waals surface area (Å²) in [5, 5.41) is 3.88. The van der Waals surface area contributed by atoms with Gasteiger partial charge in [0.25, 0.3) is 0 Å². The largest absolute Gasteiger partial charge is 0.361 e. The Hall–Kier alpha value is -1.81. The maximum absolute atomic E-state index is 11.6. The van der Waals surface area contributed by atoms with Gasteiger partial charge in [-0.05, 0) is 17.7 Å². The summed E-state index contributed by atoms with van der Waals surface area (Å²) in [6, 6.07) is 5.44. The van der Waals surface area contributed by atoms with E-state index in [-0.39, 0.29) is 18.2 Å². The molecule has 2 aromatic rings. The van der Waals surface area contributed by atoms with Crippen molar-refractivity contribution in [2.75, 3.05) is 0 Å². The van der Waals surface area contributed by atoms with Crippen molar-refractivity contribution in [3.05, 3.63) is 35.0 Å². The number of rotatable bonds is 1. The monoisotopic (exact) mass is 248 g/mol. The van der Waals surface area contributed by atoms with E-state index in [1.807, 2.05) is 6.07 Å². The average Bonchev–Trinajstić information content (AvgIpc) is 2.81. The maximum Gasteiger partial charge on any atom is 0.234 e. The molecule has 0 bridgehead atoms. The van der Waals surface area contributed by atoms with Gasteiger partial charge < -0.3 is 4.98 Å². The van der Waals surface area contributed by atoms with Crippen LogP contribution in [0.2, 0.25) is 5.02 Å². The van der Waals surface area contributed by atoms with Gasteiger partial charge in [0.05, 0.1) is 5.92 Å². The minimum Gasteiger partial charge on any atom is -0.361 e. The van der Waals surface area contributed by atoms with Crippen LogP contribution in [-0.2, 0) is 9.59 Å². The number of hydrogen-bond donors (Lipinski definition) is 2. The minimum absolute atomic E-state index is 0.217. The summed E-state index contributed by atoms with van der Waals surface area (Å²) < 4.78 is 0. The number of aromatic nitrogens is 1. The van der Waals surface area contributed by atoms with Crippen LogP contribution in [0.25, 0.3) is 10.9 Å². The first-order valence-corrected chi connectivity index (χ1v) is 5.63. The highest BCUT2D eigenvalue weighted by molar-refractivity contribution is 6.31. The lowest BCUT2D eigenvalue weighted by molar-refractivity contribution is -0.125. The molecule has 0 saturated carbocycles. The Morgan fingerprint density at radius 2 is 2.12 bits per heavy atom. The summed E-state index contributed by atoms with van der Waals surface area (Å²) in [5.41, 5.74) is 1.72. The molecule has 0 spiro atoms. The zero-order valence-corrected chi connectivity index (χ0v) is 9.54. The van der Waals surface area contributed by atoms with Gasteiger partial charge in [0.15, 0.2) is 0 Å². The van der Waals surface area contributed by atoms with Crippen LogP contribution >= 0.6 is 11.6 Å². The smallest absolute Gasteiger partial charge is 0.234 e. The molecule has 5 heteroatoms. The fourth-order valence-corrected chi connectivity index (χ4v) is 2.39. The van der Waals surface area contributed by atoms with E-state index in [0.29, 0.717) is 5.02 Å². The number of hydrogen-bond acceptors (Lipinski definition) is 2. The molecule has 0 aliphatic carbocycles. The van der Waals surface area contributed by atoms with Gasteiger partial charge in [-0.3, -0.25) is 14.9 Å². The fourth-order valence-electron chi connectivity index (χ4n) is 2.21. The molecule has 4 nitrogen and oxygen atoms in total. The van der Waals surface area contributed by atoms with Crippen LogP contribution in [-0.4, -0.2) is 16.8 Å². The van der Waals surface area contributed by atoms with Crippen molar-refractivity contribution in [2.24, 2.45) is 0 Å². The highest BCUT2D eigenvalue weighted by Crippen LogP contribution is 2.31. The van der Waals surface area contributed by atoms with Crippen LogP contribution in [0.1, 0.15) is 17.9 Å². The Balaban J connectivity index is 2.12. The molecule has 0 unspecified atom stereocenters. The Kier molecular flexibility index (Phi) is 2.19. The first kappa shape index (κ1) is 10.4. The van der Waals surface area contributed by atoms with Crippen molar-refractivity contribution in [3.63, 3.8) is 0 Å². The molecule has 2 amide bonds. The number of nitrogens with one attached hydrogen (secondary N) is 2. The zero-order chi connectivity index (χ0) is 12.0. The highest BCUT2D eigenvalue weighted by atomic mass is 35.5. The number of halogens is 1. The topological polar surface area (TPSA) is 62.0 Å². The predicted octanol–water partition coefficient (Wildman–Crippen LogP) is 1.95. The molecule has 17 heavy (non-hydrogen) atoms. The molecule has 1 aromatic carbocycles. The summed E-state index contributed by atoms with van der Waals surface area (Å²) in [4.78, 5) is 25.9. The first-order chi connectivity index (χ1) is 8.15. The van der Waals surface area contributed by atoms with Crippen molar-refractivity contribution in [1.29, 1.82) is 0 Å². The third-order valence-corrected chi connectivity index (χ3v) is 3.25. The van der Waals surface area contributed by atoms with Crippen LogP contribution in [0.4, 0.5) is 0 Å². The van der Waals surface area contributed by atoms with Gasteiger partial charge in [0, 0.05) is 28.5 Å². The third-order valence-electron chi connectivity index (χ3n) is 3.02. The van der Waals surface area contributed by atoms with Crippen molar-refractivity contribution in [1.82, 2.24) is 10.3 Å². The molecule has 1 aromatic heterocycles. The van der Waals surface area contributed by atoms with Crippen LogP contribution in [0.15, 0.2) is 24.4 Å². The SMILES string of the molecule is O=C1C[C@@H](c2c[nH]c3cc(Cl)ccc23)C(=O)N1. The van der Waals surface area contributed by atoms with E-state index in [9.17, 15) is 9.59 Å². The summed E-state index contributed by atoms with van der Waals surface area (Å²) in [6.45, 7) is 0. The van der Waals surface area contributed by atoms with E-state index >= 15 is 0 Å². The predicted molar refractivity (Wildman–Crippen MR) is 63.8 cm³/mol. The number of fused-ring (bicyclic) bond motifs is 1. The lowest BCUT2D eigenvalue weighted by atomic mass is 9.97. The van der Waals surface area contributed by atoms with Crippen molar-refractivity contribution in [2.45, 2.75) is 12.3 Å². The van der Waals surface area contributed by atoms with Gasteiger partial charge >= 0.3 is 0 Å². The number of aromatic amines is 1. The Morgan fingerprint density at radius 1 is 1.29 bits per heavy atom. The number of amides is 2. The van der Waals surface area contributed by atoms with Crippen LogP contribution < -0.4 is 5.32 Å². The quantitative estimate of drug-likeness (QED) is 0.758. The molecule has 2 N–H and O–H groups in total. The van der Waals surface area contributed by atoms with E-state index in [4.69, 9.17) is 11.6 Å². The number of H-pyrrole nitrogens is 1. The van der Waals surface area contributed by atoms with Gasteiger partial charge in [0.2, 0.25) is 11.8 Å². The molecular weight excluding hydrogens is 240 g/mol. The van der Waals surface area contributed by atoms with E-state index in [1.165, 1.54) is 0 Å². The Labute approximate surface area is 102 Å². The summed E-state index contributed by atoms with van der Waals surface area (Å²) in [6.07, 6.45) is 1.98. The van der Waals surface area contributed by atoms with E-state index in [2.05, 4.69) is 10.3 Å². The molecule has 1 aliphatic heterocycles. The zero-order valence-electron chi connectivity index (χ0n) is 8.79. The fraction of sp³-hybridized carbons (Fsp3) is 0.167. The van der Waals surface area contributed by atoms with Crippen molar-refractivity contribution >= 4 is 34.3 Å². The van der Waals surface area contributed by atoms with Crippen LogP contribution in [0, 0.1) is 0 Å². The number of benzene rings is 1. The van der Waals surface area contributed by atoms with E-state index in [0.717, 1.165) is 16.5 Å². The average molecular weight is 249 g/mol. The Morgan fingerprint density at radius 3 is 2.82 bits per heavy atom. The normalized spacial score (nSPS) is 19.9. The van der Waals surface area contributed by atoms with Gasteiger partial charge in [-0.1, -0.05) is 17.7 Å². The second-order valence-corrected chi connectivity index (χ2v) is 4.54. The third kappa shape index (κ3) is 1.61. The van der Waals surface area contributed by atoms with Crippen LogP contribution in [0.3, 0.4) is 0 Å². The number of carbonyl (C=O) groups is 2. The molecular formula is C12H9ClN2O2. The summed E-state index contributed by atoms with van der Waals surface area (Å²) in [7, 11) is 0. The molecule has 1 fully saturated rings. The molecule has 86 valence electrons. The van der Waals surface area contributed by atoms with Gasteiger partial charge in [-0.25, -0.2) is 0 Å². The van der Waals surface area contributed by atoms with E-state index in [1.54, 1.807) is 18.3 Å². The standard InChI is InChI=1S/C12H9ClN2O2/c13-6-1-2-7-9(5-14-10(7)3-6)8-4-11(16)15-12(8)17/h1-3,5,8,14H,4H2,(H,15,16,17)/t8-/m0/s1. The van der Waals surface area contributed by atoms with E-state index < -0.39 is 5.92 Å². The lowest BCUT2D eigenvalue weighted by Gasteiger charge is -2.03. The van der Waals surface area contributed by atoms with Gasteiger partial charge in [0.1, 0.15) is 0 Å². The van der Waals surface area contributed by atoms with Crippen LogP contribution in [0.5, 0.6) is 0 Å². The Bertz CT molecular complexity index is 632. The van der Waals surface area contributed by atoms with Gasteiger partial charge in [-0.15, -0.1) is 0 Å². The summed E-state index contributed by atoms with van der Waals surface area (Å²) in [5.74, 6) is -0.841. The summed E-state index contributed by atoms with van der Waals surface area (Å²) >= 11 is 5.89. The number of imide groups is 1. The van der Waals surface area contributed by atoms with Gasteiger partial charge in [-0.2, -0.15) is 0 Å². The van der Waals surface area contributed by atoms with Crippen molar-refractivity contribution < 1.29 is 9.59 Å². The molecule has 3 rings (SSSR count). The maximum atomic E-state index is 11.6. The second kappa shape index (κ2) is 3.60. The van der Waals surface area contributed by atoms with Crippen molar-refractivity contribution in [3.8, 4) is 0 Å². The lowest BCUT2D eigenvalue weighted by Crippen LogP contribution is -2.21. The molecule has 1 aliphatic rings. The molecule has 1 atom stereocenters.